The number of carbonyl (C=O) groups excluding carboxylic acids is 5. The number of ether oxygens (including phenoxy) is 1. The Balaban J connectivity index is 1.40. The van der Waals surface area contributed by atoms with E-state index in [0.29, 0.717) is 36.4 Å². The van der Waals surface area contributed by atoms with Gasteiger partial charge in [-0.2, -0.15) is 4.48 Å². The van der Waals surface area contributed by atoms with Crippen LogP contribution >= 0.6 is 11.8 Å². The van der Waals surface area contributed by atoms with Gasteiger partial charge in [-0.25, -0.2) is 14.4 Å². The number of likely N-dealkylation sites (N-methyl/N-ethyl adjacent to an activating group) is 1. The van der Waals surface area contributed by atoms with Crippen LogP contribution in [0.2, 0.25) is 0 Å². The predicted octanol–water partition coefficient (Wildman–Crippen LogP) is 2.04. The lowest BCUT2D eigenvalue weighted by Crippen LogP contribution is -2.61. The molecule has 1 unspecified atom stereocenters. The average Bonchev–Trinajstić information content (AvgIpc) is 3.60. The number of benzene rings is 2. The molecule has 0 aromatic heterocycles. The standard InChI is InChI=1S/C29H35N7O6S/c1-36(22-13-5-6-14-23(22)43-29(36)41)26(39)20(11-7-15-32-27(30)31)34-25(38)21-12-8-16-35(21)24(37)17-33-28(40)42-18-19-9-3-2-4-10-19/h2-6,9-10,13-14,20-21H,7-8,11-12,15-18H2,1H3,(H5-,30,31,32,33,34,38,40)/p+1/t20-,21-,36?/m0/s1. The highest BCUT2D eigenvalue weighted by Crippen LogP contribution is 2.45. The molecular formula is C29H36N7O6S+. The number of rotatable bonds is 11. The summed E-state index contributed by atoms with van der Waals surface area (Å²) >= 11 is 0.979. The normalized spacial score (nSPS) is 19.7. The van der Waals surface area contributed by atoms with Crippen LogP contribution in [0.3, 0.4) is 0 Å². The van der Waals surface area contributed by atoms with Crippen molar-refractivity contribution in [3.05, 3.63) is 60.2 Å². The Labute approximate surface area is 253 Å². The van der Waals surface area contributed by atoms with E-state index in [4.69, 9.17) is 15.9 Å². The quantitative estimate of drug-likeness (QED) is 0.110. The van der Waals surface area contributed by atoms with Crippen LogP contribution in [0.25, 0.3) is 0 Å². The second-order valence-electron chi connectivity index (χ2n) is 10.4. The van der Waals surface area contributed by atoms with Crippen molar-refractivity contribution in [1.29, 1.82) is 5.41 Å². The molecule has 0 saturated carbocycles. The van der Waals surface area contributed by atoms with Crippen molar-refractivity contribution in [3.8, 4) is 0 Å². The van der Waals surface area contributed by atoms with E-state index in [1.54, 1.807) is 24.3 Å². The molecule has 0 bridgehead atoms. The minimum Gasteiger partial charge on any atom is -0.445 e. The van der Waals surface area contributed by atoms with Gasteiger partial charge in [0.25, 0.3) is 0 Å². The number of amides is 5. The van der Waals surface area contributed by atoms with Crippen LogP contribution in [-0.4, -0.2) is 78.7 Å². The molecule has 1 fully saturated rings. The lowest BCUT2D eigenvalue weighted by Gasteiger charge is -2.30. The fourth-order valence-corrected chi connectivity index (χ4v) is 6.19. The van der Waals surface area contributed by atoms with E-state index in [9.17, 15) is 24.0 Å². The highest BCUT2D eigenvalue weighted by Gasteiger charge is 2.53. The number of thioether (sulfide) groups is 1. The van der Waals surface area contributed by atoms with E-state index in [1.807, 2.05) is 30.3 Å². The molecule has 2 heterocycles. The molecule has 2 aliphatic rings. The van der Waals surface area contributed by atoms with Crippen molar-refractivity contribution in [1.82, 2.24) is 25.3 Å². The van der Waals surface area contributed by atoms with E-state index in [-0.39, 0.29) is 37.3 Å². The molecule has 0 spiro atoms. The minimum atomic E-state index is -1.05. The van der Waals surface area contributed by atoms with E-state index < -0.39 is 40.4 Å². The Morgan fingerprint density at radius 2 is 1.84 bits per heavy atom. The summed E-state index contributed by atoms with van der Waals surface area (Å²) < 4.78 is 4.54. The van der Waals surface area contributed by atoms with Gasteiger partial charge >= 0.3 is 17.2 Å². The smallest absolute Gasteiger partial charge is 0.407 e. The lowest BCUT2D eigenvalue weighted by atomic mass is 10.1. The number of quaternary nitrogens is 1. The van der Waals surface area contributed by atoms with Crippen molar-refractivity contribution in [2.75, 3.05) is 26.7 Å². The molecule has 14 heteroatoms. The van der Waals surface area contributed by atoms with Crippen molar-refractivity contribution in [2.45, 2.75) is 49.3 Å². The van der Waals surface area contributed by atoms with Crippen molar-refractivity contribution >= 4 is 52.5 Å². The number of imide groups is 1. The van der Waals surface area contributed by atoms with Crippen LogP contribution in [0.5, 0.6) is 0 Å². The van der Waals surface area contributed by atoms with Crippen LogP contribution in [-0.2, 0) is 25.7 Å². The van der Waals surface area contributed by atoms with Gasteiger partial charge in [0.1, 0.15) is 25.2 Å². The van der Waals surface area contributed by atoms with Crippen LogP contribution < -0.4 is 26.2 Å². The molecular weight excluding hydrogens is 574 g/mol. The summed E-state index contributed by atoms with van der Waals surface area (Å²) in [6, 6.07) is 14.2. The summed E-state index contributed by atoms with van der Waals surface area (Å²) in [6.07, 6.45) is 0.745. The fraction of sp³-hybridized carbons (Fsp3) is 0.379. The molecule has 0 aliphatic carbocycles. The molecule has 0 radical (unpaired) electrons. The van der Waals surface area contributed by atoms with Crippen LogP contribution in [0, 0.1) is 5.41 Å². The third-order valence-corrected chi connectivity index (χ3v) is 8.53. The first-order chi connectivity index (χ1) is 20.6. The zero-order valence-electron chi connectivity index (χ0n) is 23.8. The van der Waals surface area contributed by atoms with Crippen molar-refractivity contribution in [2.24, 2.45) is 5.73 Å². The number of nitrogens with one attached hydrogen (secondary N) is 4. The molecule has 1 saturated heterocycles. The summed E-state index contributed by atoms with van der Waals surface area (Å²) in [4.78, 5) is 67.8. The number of hydrogen-bond acceptors (Lipinski definition) is 8. The van der Waals surface area contributed by atoms with E-state index in [0.717, 1.165) is 17.3 Å². The molecule has 2 aliphatic heterocycles. The summed E-state index contributed by atoms with van der Waals surface area (Å²) in [5.41, 5.74) is 6.70. The Bertz CT molecular complexity index is 1390. The summed E-state index contributed by atoms with van der Waals surface area (Å²) in [6.45, 7) is 0.303. The van der Waals surface area contributed by atoms with Gasteiger partial charge in [-0.05, 0) is 37.3 Å². The van der Waals surface area contributed by atoms with Crippen molar-refractivity contribution in [3.63, 3.8) is 0 Å². The first-order valence-corrected chi connectivity index (χ1v) is 14.8. The number of hydrogen-bond donors (Lipinski definition) is 5. The van der Waals surface area contributed by atoms with Crippen LogP contribution in [0.1, 0.15) is 31.2 Å². The largest absolute Gasteiger partial charge is 0.445 e. The number of nitrogens with zero attached hydrogens (tertiary/aromatic N) is 2. The zero-order valence-corrected chi connectivity index (χ0v) is 24.7. The van der Waals surface area contributed by atoms with Gasteiger partial charge in [0.15, 0.2) is 11.6 Å². The van der Waals surface area contributed by atoms with Gasteiger partial charge in [0, 0.05) is 30.9 Å². The van der Waals surface area contributed by atoms with Gasteiger partial charge in [-0.3, -0.25) is 15.0 Å². The highest BCUT2D eigenvalue weighted by atomic mass is 32.2. The van der Waals surface area contributed by atoms with E-state index >= 15 is 0 Å². The Hall–Kier alpha value is -4.43. The average molecular weight is 611 g/mol. The molecule has 5 amide bonds. The van der Waals surface area contributed by atoms with Gasteiger partial charge in [0.05, 0.1) is 11.9 Å². The van der Waals surface area contributed by atoms with Crippen LogP contribution in [0.4, 0.5) is 15.3 Å². The maximum Gasteiger partial charge on any atom is 0.407 e. The van der Waals surface area contributed by atoms with Gasteiger partial charge in [-0.1, -0.05) is 42.5 Å². The van der Waals surface area contributed by atoms with E-state index in [2.05, 4.69) is 16.0 Å². The molecule has 13 nitrogen and oxygen atoms in total. The van der Waals surface area contributed by atoms with Gasteiger partial charge in [-0.15, -0.1) is 0 Å². The number of alkyl carbamates (subject to hydrolysis) is 1. The Kier molecular flexibility index (Phi) is 10.4. The molecule has 2 aromatic carbocycles. The van der Waals surface area contributed by atoms with Gasteiger partial charge < -0.3 is 31.3 Å². The molecule has 43 heavy (non-hydrogen) atoms. The van der Waals surface area contributed by atoms with Crippen LogP contribution in [0.15, 0.2) is 59.5 Å². The molecule has 3 atom stereocenters. The third kappa shape index (κ3) is 7.51. The summed E-state index contributed by atoms with van der Waals surface area (Å²) in [5.74, 6) is -1.70. The number of fused-ring (bicyclic) bond motifs is 1. The lowest BCUT2D eigenvalue weighted by molar-refractivity contribution is -0.139. The van der Waals surface area contributed by atoms with Crippen molar-refractivity contribution < 1.29 is 28.7 Å². The predicted molar refractivity (Wildman–Crippen MR) is 161 cm³/mol. The number of para-hydroxylation sites is 1. The SMILES string of the molecule is C[N+]1(C(=O)[C@H](CCCNC(=N)N)NC(=O)[C@@H]2CCCN2C(=O)CNC(=O)OCc2ccccc2)C(=O)Sc2ccccc21. The summed E-state index contributed by atoms with van der Waals surface area (Å²) in [5, 5.41) is 14.9. The first kappa shape index (κ1) is 31.5. The fourth-order valence-electron chi connectivity index (χ4n) is 5.13. The zero-order chi connectivity index (χ0) is 31.0. The second-order valence-corrected chi connectivity index (χ2v) is 11.4. The Morgan fingerprint density at radius 3 is 2.58 bits per heavy atom. The number of nitrogens with two attached hydrogens (primary N) is 1. The highest BCUT2D eigenvalue weighted by molar-refractivity contribution is 8.14. The maximum atomic E-state index is 14.0. The number of carbonyl (C=O) groups is 5. The maximum absolute atomic E-state index is 14.0. The topological polar surface area (TPSA) is 184 Å². The number of guanidine groups is 1. The third-order valence-electron chi connectivity index (χ3n) is 7.42. The van der Waals surface area contributed by atoms with E-state index in [1.165, 1.54) is 11.9 Å². The second kappa shape index (κ2) is 14.2. The first-order valence-electron chi connectivity index (χ1n) is 14.0. The molecule has 2 aromatic rings. The monoisotopic (exact) mass is 610 g/mol. The minimum absolute atomic E-state index is 0.0515. The summed E-state index contributed by atoms with van der Waals surface area (Å²) in [7, 11) is 1.52. The molecule has 4 rings (SSSR count). The number of likely N-dealkylation sites (tertiary alicyclic amines) is 1. The molecule has 6 N–H and O–H groups in total. The Morgan fingerprint density at radius 1 is 1.12 bits per heavy atom. The molecule has 228 valence electrons. The van der Waals surface area contributed by atoms with Gasteiger partial charge in [0.2, 0.25) is 11.8 Å².